The van der Waals surface area contributed by atoms with Crippen molar-refractivity contribution in [2.45, 2.75) is 52.0 Å². The van der Waals surface area contributed by atoms with E-state index < -0.39 is 0 Å². The molecule has 0 saturated carbocycles. The number of aryl methyl sites for hydroxylation is 1. The van der Waals surface area contributed by atoms with Gasteiger partial charge in [-0.1, -0.05) is 39.0 Å². The van der Waals surface area contributed by atoms with Gasteiger partial charge in [0, 0.05) is 13.6 Å². The molecule has 0 aliphatic rings. The summed E-state index contributed by atoms with van der Waals surface area (Å²) in [6, 6.07) is 0. The molecule has 0 aliphatic heterocycles. The Morgan fingerprint density at radius 2 is 1.69 bits per heavy atom. The predicted octanol–water partition coefficient (Wildman–Crippen LogP) is 1.24. The molecule has 0 radical (unpaired) electrons. The average Bonchev–Trinajstić information content (AvgIpc) is 2.51. The number of rotatable bonds is 7. The molecule has 1 rings (SSSR count). The molecular weight excluding hydrogens is 206 g/mol. The molecule has 0 amide bonds. The molecule has 0 aliphatic carbocycles. The highest BCUT2D eigenvalue weighted by Gasteiger charge is 2.03. The summed E-state index contributed by atoms with van der Waals surface area (Å²) in [4.78, 5) is 22.6. The summed E-state index contributed by atoms with van der Waals surface area (Å²) in [6.45, 7) is 2.80. The number of unbranched alkanes of at least 4 members (excludes halogenated alkanes) is 5. The Bertz CT molecular complexity index is 414. The Morgan fingerprint density at radius 3 is 2.25 bits per heavy atom. The highest BCUT2D eigenvalue weighted by molar-refractivity contribution is 4.66. The number of hydrogen-bond donors (Lipinski definition) is 1. The molecule has 92 valence electrons. The predicted molar refractivity (Wildman–Crippen MR) is 63.7 cm³/mol. The summed E-state index contributed by atoms with van der Waals surface area (Å²) in [5.41, 5.74) is -0.588. The van der Waals surface area contributed by atoms with Gasteiger partial charge in [-0.2, -0.15) is 0 Å². The minimum absolute atomic E-state index is 0.251. The summed E-state index contributed by atoms with van der Waals surface area (Å²) >= 11 is 0. The summed E-state index contributed by atoms with van der Waals surface area (Å²) in [5.74, 6) is 0. The number of aromatic nitrogens is 3. The van der Waals surface area contributed by atoms with E-state index in [1.165, 1.54) is 37.4 Å². The van der Waals surface area contributed by atoms with Gasteiger partial charge >= 0.3 is 11.4 Å². The fourth-order valence-corrected chi connectivity index (χ4v) is 1.71. The van der Waals surface area contributed by atoms with Crippen molar-refractivity contribution < 1.29 is 0 Å². The van der Waals surface area contributed by atoms with E-state index in [0.717, 1.165) is 17.4 Å². The molecule has 0 saturated heterocycles. The van der Waals surface area contributed by atoms with Crippen LogP contribution in [0.25, 0.3) is 0 Å². The second-order valence-electron chi connectivity index (χ2n) is 4.18. The summed E-state index contributed by atoms with van der Waals surface area (Å²) < 4.78 is 2.49. The summed E-state index contributed by atoms with van der Waals surface area (Å²) in [5, 5.41) is 2.53. The lowest BCUT2D eigenvalue weighted by Crippen LogP contribution is -2.25. The molecule has 5 nitrogen and oxygen atoms in total. The van der Waals surface area contributed by atoms with Crippen molar-refractivity contribution in [3.8, 4) is 0 Å². The van der Waals surface area contributed by atoms with Gasteiger partial charge in [0.25, 0.3) is 0 Å². The summed E-state index contributed by atoms with van der Waals surface area (Å²) in [6.07, 6.45) is 7.05. The van der Waals surface area contributed by atoms with Crippen molar-refractivity contribution in [3.05, 3.63) is 21.0 Å². The fraction of sp³-hybridized carbons (Fsp3) is 0.818. The Labute approximate surface area is 95.1 Å². The highest BCUT2D eigenvalue weighted by atomic mass is 16.2. The van der Waals surface area contributed by atoms with E-state index >= 15 is 0 Å². The molecule has 16 heavy (non-hydrogen) atoms. The Hall–Kier alpha value is -1.26. The molecule has 0 unspecified atom stereocenters. The first-order valence-corrected chi connectivity index (χ1v) is 6.02. The summed E-state index contributed by atoms with van der Waals surface area (Å²) in [7, 11) is 1.49. The van der Waals surface area contributed by atoms with Crippen LogP contribution < -0.4 is 11.4 Å². The van der Waals surface area contributed by atoms with Gasteiger partial charge in [-0.05, 0) is 6.42 Å². The van der Waals surface area contributed by atoms with Gasteiger partial charge in [0.2, 0.25) is 0 Å². The van der Waals surface area contributed by atoms with Gasteiger partial charge in [0.15, 0.2) is 0 Å². The Morgan fingerprint density at radius 1 is 1.06 bits per heavy atom. The van der Waals surface area contributed by atoms with Crippen LogP contribution in [0.15, 0.2) is 9.59 Å². The minimum atomic E-state index is -0.337. The maximum absolute atomic E-state index is 11.5. The molecule has 1 aromatic heterocycles. The maximum Gasteiger partial charge on any atom is 0.346 e. The van der Waals surface area contributed by atoms with E-state index in [0.29, 0.717) is 6.54 Å². The lowest BCUT2D eigenvalue weighted by molar-refractivity contribution is 0.512. The van der Waals surface area contributed by atoms with Crippen LogP contribution in [0.3, 0.4) is 0 Å². The lowest BCUT2D eigenvalue weighted by Gasteiger charge is -2.00. The second-order valence-corrected chi connectivity index (χ2v) is 4.18. The third kappa shape index (κ3) is 3.40. The number of nitrogens with one attached hydrogen (secondary N) is 1. The van der Waals surface area contributed by atoms with Crippen LogP contribution in [0.5, 0.6) is 0 Å². The molecule has 1 N–H and O–H groups in total. The lowest BCUT2D eigenvalue weighted by atomic mass is 10.1. The van der Waals surface area contributed by atoms with E-state index in [-0.39, 0.29) is 11.4 Å². The van der Waals surface area contributed by atoms with Gasteiger partial charge < -0.3 is 0 Å². The number of aromatic amines is 1. The average molecular weight is 227 g/mol. The molecule has 1 heterocycles. The molecule has 0 fully saturated rings. The van der Waals surface area contributed by atoms with E-state index in [1.807, 2.05) is 0 Å². The first kappa shape index (κ1) is 12.8. The molecule has 0 bridgehead atoms. The van der Waals surface area contributed by atoms with Crippen molar-refractivity contribution in [2.24, 2.45) is 7.05 Å². The zero-order valence-corrected chi connectivity index (χ0v) is 10.2. The van der Waals surface area contributed by atoms with Gasteiger partial charge in [0.05, 0.1) is 0 Å². The zero-order chi connectivity index (χ0) is 12.0. The van der Waals surface area contributed by atoms with Gasteiger partial charge in [0.1, 0.15) is 0 Å². The zero-order valence-electron chi connectivity index (χ0n) is 10.2. The van der Waals surface area contributed by atoms with Crippen LogP contribution in [-0.4, -0.2) is 14.3 Å². The molecule has 0 spiro atoms. The van der Waals surface area contributed by atoms with E-state index in [1.54, 1.807) is 0 Å². The van der Waals surface area contributed by atoms with E-state index in [2.05, 4.69) is 12.0 Å². The number of hydrogen-bond acceptors (Lipinski definition) is 2. The van der Waals surface area contributed by atoms with Crippen molar-refractivity contribution in [1.29, 1.82) is 0 Å². The first-order valence-electron chi connectivity index (χ1n) is 6.02. The quantitative estimate of drug-likeness (QED) is 0.712. The SMILES string of the molecule is CCCCCCCCn1[nH]c(=O)n(C)c1=O. The van der Waals surface area contributed by atoms with Crippen LogP contribution in [0.2, 0.25) is 0 Å². The third-order valence-corrected chi connectivity index (χ3v) is 2.79. The third-order valence-electron chi connectivity index (χ3n) is 2.79. The first-order chi connectivity index (χ1) is 7.66. The smallest absolute Gasteiger partial charge is 0.246 e. The van der Waals surface area contributed by atoms with Crippen LogP contribution in [-0.2, 0) is 13.6 Å². The van der Waals surface area contributed by atoms with Crippen molar-refractivity contribution in [2.75, 3.05) is 0 Å². The highest BCUT2D eigenvalue weighted by Crippen LogP contribution is 2.04. The van der Waals surface area contributed by atoms with Crippen molar-refractivity contribution >= 4 is 0 Å². The molecule has 0 atom stereocenters. The van der Waals surface area contributed by atoms with Crippen molar-refractivity contribution in [1.82, 2.24) is 14.3 Å². The molecular formula is C11H21N3O2. The topological polar surface area (TPSA) is 59.8 Å². The normalized spacial score (nSPS) is 10.9. The van der Waals surface area contributed by atoms with Gasteiger partial charge in [-0.15, -0.1) is 0 Å². The Kier molecular flexibility index (Phi) is 5.08. The molecule has 1 aromatic rings. The monoisotopic (exact) mass is 227 g/mol. The minimum Gasteiger partial charge on any atom is -0.246 e. The maximum atomic E-state index is 11.5. The van der Waals surface area contributed by atoms with E-state index in [9.17, 15) is 9.59 Å². The van der Waals surface area contributed by atoms with Crippen LogP contribution in [0.4, 0.5) is 0 Å². The largest absolute Gasteiger partial charge is 0.346 e. The fourth-order valence-electron chi connectivity index (χ4n) is 1.71. The van der Waals surface area contributed by atoms with Crippen molar-refractivity contribution in [3.63, 3.8) is 0 Å². The van der Waals surface area contributed by atoms with Gasteiger partial charge in [-0.25, -0.2) is 23.9 Å². The van der Waals surface area contributed by atoms with Crippen LogP contribution in [0.1, 0.15) is 45.4 Å². The Balaban J connectivity index is 2.30. The molecule has 0 aromatic carbocycles. The van der Waals surface area contributed by atoms with Gasteiger partial charge in [-0.3, -0.25) is 0 Å². The number of H-pyrrole nitrogens is 1. The van der Waals surface area contributed by atoms with E-state index in [4.69, 9.17) is 0 Å². The molecule has 5 heteroatoms. The van der Waals surface area contributed by atoms with Crippen LogP contribution in [0, 0.1) is 0 Å². The van der Waals surface area contributed by atoms with Crippen LogP contribution >= 0.6 is 0 Å². The standard InChI is InChI=1S/C11H21N3O2/c1-3-4-5-6-7-8-9-14-11(16)13(2)10(15)12-14/h3-9H2,1-2H3,(H,12,15). The second kappa shape index (κ2) is 6.35. The number of nitrogens with zero attached hydrogens (tertiary/aromatic N) is 2.